The number of aliphatic carboxylic acids is 1. The second kappa shape index (κ2) is 8.55. The van der Waals surface area contributed by atoms with Crippen LogP contribution in [0.15, 0.2) is 42.5 Å². The van der Waals surface area contributed by atoms with E-state index in [-0.39, 0.29) is 5.57 Å². The number of ether oxygens (including phenoxy) is 1. The van der Waals surface area contributed by atoms with E-state index in [4.69, 9.17) is 16.3 Å². The maximum absolute atomic E-state index is 11.6. The van der Waals surface area contributed by atoms with Crippen molar-refractivity contribution < 1.29 is 14.6 Å². The molecular weight excluding hydrogens is 324 g/mol. The average molecular weight is 345 g/mol. The van der Waals surface area contributed by atoms with E-state index in [0.29, 0.717) is 22.9 Å². The highest BCUT2D eigenvalue weighted by Gasteiger charge is 2.11. The Labute approximate surface area is 147 Å². The Kier molecular flexibility index (Phi) is 6.44. The normalized spacial score (nSPS) is 11.4. The van der Waals surface area contributed by atoms with Crippen molar-refractivity contribution in [3.05, 3.63) is 64.2 Å². The van der Waals surface area contributed by atoms with Gasteiger partial charge in [-0.05, 0) is 47.7 Å². The molecule has 0 spiro atoms. The van der Waals surface area contributed by atoms with Crippen molar-refractivity contribution >= 4 is 29.2 Å². The van der Waals surface area contributed by atoms with Crippen molar-refractivity contribution in [1.29, 1.82) is 0 Å². The van der Waals surface area contributed by atoms with Gasteiger partial charge in [0, 0.05) is 0 Å². The van der Waals surface area contributed by atoms with Crippen LogP contribution >= 0.6 is 11.6 Å². The van der Waals surface area contributed by atoms with E-state index in [1.807, 2.05) is 31.2 Å². The molecule has 0 heterocycles. The molecule has 4 heteroatoms. The van der Waals surface area contributed by atoms with Crippen LogP contribution in [0, 0.1) is 0 Å². The molecule has 0 fully saturated rings. The Bertz CT molecular complexity index is 733. The van der Waals surface area contributed by atoms with Crippen LogP contribution in [-0.4, -0.2) is 17.7 Å². The maximum atomic E-state index is 11.6. The van der Waals surface area contributed by atoms with Gasteiger partial charge in [-0.3, -0.25) is 0 Å². The summed E-state index contributed by atoms with van der Waals surface area (Å²) in [4.78, 5) is 11.6. The Balaban J connectivity index is 2.33. The molecule has 0 amide bonds. The first-order valence-electron chi connectivity index (χ1n) is 8.01. The van der Waals surface area contributed by atoms with Gasteiger partial charge in [-0.1, -0.05) is 55.8 Å². The number of benzene rings is 2. The highest BCUT2D eigenvalue weighted by molar-refractivity contribution is 6.32. The van der Waals surface area contributed by atoms with Gasteiger partial charge in [-0.15, -0.1) is 0 Å². The molecule has 1 N–H and O–H groups in total. The lowest BCUT2D eigenvalue weighted by molar-refractivity contribution is -0.130. The zero-order chi connectivity index (χ0) is 17.5. The summed E-state index contributed by atoms with van der Waals surface area (Å²) in [6.07, 6.45) is 3.44. The van der Waals surface area contributed by atoms with Crippen molar-refractivity contribution in [3.8, 4) is 5.75 Å². The fraction of sp³-hybridized carbons (Fsp3) is 0.250. The molecule has 0 bridgehead atoms. The number of halogens is 1. The number of carbonyl (C=O) groups is 1. The minimum atomic E-state index is -0.971. The number of hydrogen-bond acceptors (Lipinski definition) is 2. The van der Waals surface area contributed by atoms with Crippen LogP contribution in [0.2, 0.25) is 5.02 Å². The Morgan fingerprint density at radius 2 is 1.88 bits per heavy atom. The molecule has 0 aromatic heterocycles. The van der Waals surface area contributed by atoms with Gasteiger partial charge in [0.15, 0.2) is 0 Å². The first-order valence-corrected chi connectivity index (χ1v) is 8.39. The lowest BCUT2D eigenvalue weighted by Crippen LogP contribution is -2.00. The Morgan fingerprint density at radius 1 is 1.17 bits per heavy atom. The summed E-state index contributed by atoms with van der Waals surface area (Å²) in [5.74, 6) is -0.360. The van der Waals surface area contributed by atoms with Gasteiger partial charge in [-0.2, -0.15) is 0 Å². The molecule has 0 saturated heterocycles. The molecule has 2 aromatic rings. The van der Waals surface area contributed by atoms with Crippen molar-refractivity contribution in [2.75, 3.05) is 6.61 Å². The van der Waals surface area contributed by atoms with E-state index in [1.165, 1.54) is 5.56 Å². The van der Waals surface area contributed by atoms with Gasteiger partial charge in [0.25, 0.3) is 0 Å². The van der Waals surface area contributed by atoms with Crippen LogP contribution in [0.5, 0.6) is 5.75 Å². The molecule has 0 atom stereocenters. The number of aryl methyl sites for hydroxylation is 1. The van der Waals surface area contributed by atoms with Gasteiger partial charge in [-0.25, -0.2) is 4.79 Å². The van der Waals surface area contributed by atoms with E-state index in [0.717, 1.165) is 18.4 Å². The van der Waals surface area contributed by atoms with Crippen molar-refractivity contribution in [3.63, 3.8) is 0 Å². The van der Waals surface area contributed by atoms with Crippen LogP contribution < -0.4 is 4.74 Å². The average Bonchev–Trinajstić information content (AvgIpc) is 2.59. The molecule has 0 unspecified atom stereocenters. The molecule has 126 valence electrons. The molecule has 24 heavy (non-hydrogen) atoms. The van der Waals surface area contributed by atoms with Crippen LogP contribution in [0.4, 0.5) is 0 Å². The molecule has 0 aliphatic carbocycles. The van der Waals surface area contributed by atoms with E-state index in [9.17, 15) is 9.90 Å². The van der Waals surface area contributed by atoms with E-state index in [2.05, 4.69) is 6.92 Å². The van der Waals surface area contributed by atoms with Crippen molar-refractivity contribution in [1.82, 2.24) is 0 Å². The summed E-state index contributed by atoms with van der Waals surface area (Å²) >= 11 is 6.21. The zero-order valence-electron chi connectivity index (χ0n) is 13.9. The van der Waals surface area contributed by atoms with E-state index < -0.39 is 5.97 Å². The van der Waals surface area contributed by atoms with Crippen LogP contribution in [0.25, 0.3) is 11.6 Å². The minimum Gasteiger partial charge on any atom is -0.492 e. The molecule has 2 aromatic carbocycles. The third-order valence-electron chi connectivity index (χ3n) is 3.63. The van der Waals surface area contributed by atoms with Gasteiger partial charge in [0.05, 0.1) is 17.2 Å². The van der Waals surface area contributed by atoms with Crippen LogP contribution in [0.1, 0.15) is 37.0 Å². The van der Waals surface area contributed by atoms with Gasteiger partial charge >= 0.3 is 5.97 Å². The van der Waals surface area contributed by atoms with Gasteiger partial charge < -0.3 is 9.84 Å². The topological polar surface area (TPSA) is 46.5 Å². The summed E-state index contributed by atoms with van der Waals surface area (Å²) in [5.41, 5.74) is 2.79. The molecule has 0 radical (unpaired) electrons. The van der Waals surface area contributed by atoms with Crippen LogP contribution in [0.3, 0.4) is 0 Å². The monoisotopic (exact) mass is 344 g/mol. The lowest BCUT2D eigenvalue weighted by Gasteiger charge is -2.08. The van der Waals surface area contributed by atoms with Crippen LogP contribution in [-0.2, 0) is 11.2 Å². The standard InChI is InChI=1S/C20H21ClO3/c1-3-11-24-19-10-7-15(13-18(19)21)12-17(20(22)23)16-8-5-14(4-2)6-9-16/h5-10,12-13H,3-4,11H2,1-2H3,(H,22,23)/b17-12-. The summed E-state index contributed by atoms with van der Waals surface area (Å²) < 4.78 is 5.53. The molecule has 3 nitrogen and oxygen atoms in total. The minimum absolute atomic E-state index is 0.232. The predicted molar refractivity (Wildman–Crippen MR) is 98.6 cm³/mol. The van der Waals surface area contributed by atoms with E-state index >= 15 is 0 Å². The van der Waals surface area contributed by atoms with Gasteiger partial charge in [0.2, 0.25) is 0 Å². The van der Waals surface area contributed by atoms with Gasteiger partial charge in [0.1, 0.15) is 5.75 Å². The molecule has 0 aliphatic rings. The number of hydrogen-bond donors (Lipinski definition) is 1. The summed E-state index contributed by atoms with van der Waals surface area (Å²) in [5, 5.41) is 10.0. The predicted octanol–water partition coefficient (Wildman–Crippen LogP) is 5.32. The Hall–Kier alpha value is -2.26. The molecule has 0 aliphatic heterocycles. The smallest absolute Gasteiger partial charge is 0.336 e. The summed E-state index contributed by atoms with van der Waals surface area (Å²) in [6.45, 7) is 4.68. The number of carboxylic acids is 1. The first kappa shape index (κ1) is 18.1. The zero-order valence-corrected chi connectivity index (χ0v) is 14.6. The summed E-state index contributed by atoms with van der Waals surface area (Å²) in [7, 11) is 0. The third kappa shape index (κ3) is 4.62. The maximum Gasteiger partial charge on any atom is 0.336 e. The fourth-order valence-corrected chi connectivity index (χ4v) is 2.53. The lowest BCUT2D eigenvalue weighted by atomic mass is 10.0. The third-order valence-corrected chi connectivity index (χ3v) is 3.93. The fourth-order valence-electron chi connectivity index (χ4n) is 2.29. The Morgan fingerprint density at radius 3 is 2.42 bits per heavy atom. The second-order valence-electron chi connectivity index (χ2n) is 5.45. The molecule has 2 rings (SSSR count). The van der Waals surface area contributed by atoms with E-state index in [1.54, 1.807) is 24.3 Å². The number of carboxylic acid groups (broad SMARTS) is 1. The highest BCUT2D eigenvalue weighted by atomic mass is 35.5. The molecule has 0 saturated carbocycles. The number of rotatable bonds is 7. The SMILES string of the molecule is CCCOc1ccc(/C=C(\C(=O)O)c2ccc(CC)cc2)cc1Cl. The second-order valence-corrected chi connectivity index (χ2v) is 5.86. The first-order chi connectivity index (χ1) is 11.5. The molecular formula is C20H21ClO3. The van der Waals surface area contributed by atoms with Crippen molar-refractivity contribution in [2.24, 2.45) is 0 Å². The quantitative estimate of drug-likeness (QED) is 0.546. The summed E-state index contributed by atoms with van der Waals surface area (Å²) in [6, 6.07) is 12.8. The largest absolute Gasteiger partial charge is 0.492 e. The highest BCUT2D eigenvalue weighted by Crippen LogP contribution is 2.28. The van der Waals surface area contributed by atoms with Crippen molar-refractivity contribution in [2.45, 2.75) is 26.7 Å².